The van der Waals surface area contributed by atoms with Crippen LogP contribution in [0.3, 0.4) is 0 Å². The van der Waals surface area contributed by atoms with E-state index in [4.69, 9.17) is 0 Å². The van der Waals surface area contributed by atoms with Gasteiger partial charge in [0.2, 0.25) is 0 Å². The second-order valence-electron chi connectivity index (χ2n) is 6.20. The van der Waals surface area contributed by atoms with Gasteiger partial charge in [-0.05, 0) is 54.6 Å². The Hall–Kier alpha value is -3.45. The number of pyridine rings is 1. The highest BCUT2D eigenvalue weighted by Crippen LogP contribution is 2.33. The summed E-state index contributed by atoms with van der Waals surface area (Å²) in [4.78, 5) is 17.7. The zero-order chi connectivity index (χ0) is 20.2. The normalized spacial score (nSPS) is 11.2. The maximum absolute atomic E-state index is 14.2. The quantitative estimate of drug-likeness (QED) is 0.502. The molecule has 5 nitrogen and oxygen atoms in total. The maximum atomic E-state index is 14.2. The molecule has 144 valence electrons. The number of aromatic amines is 1. The lowest BCUT2D eigenvalue weighted by atomic mass is 10.2. The second kappa shape index (κ2) is 8.28. The molecule has 0 aliphatic carbocycles. The number of carbonyl (C=O) groups excluding carboxylic acids is 1. The largest absolute Gasteiger partial charge is 0.355 e. The number of nitrogens with zero attached hydrogens (tertiary/aromatic N) is 2. The Morgan fingerprint density at radius 3 is 2.83 bits per heavy atom. The molecule has 0 unspecified atom stereocenters. The van der Waals surface area contributed by atoms with Crippen LogP contribution in [0.25, 0.3) is 23.1 Å². The van der Waals surface area contributed by atoms with Gasteiger partial charge in [0.05, 0.1) is 22.5 Å². The minimum absolute atomic E-state index is 0.0451. The van der Waals surface area contributed by atoms with E-state index in [1.54, 1.807) is 18.3 Å². The number of halogens is 1. The van der Waals surface area contributed by atoms with Crippen LogP contribution in [0.15, 0.2) is 70.6 Å². The first-order chi connectivity index (χ1) is 14.2. The molecular formula is C22H17FN4OS. The van der Waals surface area contributed by atoms with Gasteiger partial charge in [-0.2, -0.15) is 5.10 Å². The Bertz CT molecular complexity index is 1200. The van der Waals surface area contributed by atoms with Crippen molar-refractivity contribution in [3.05, 3.63) is 83.6 Å². The zero-order valence-electron chi connectivity index (χ0n) is 15.5. The lowest BCUT2D eigenvalue weighted by Gasteiger charge is -2.09. The van der Waals surface area contributed by atoms with Gasteiger partial charge in [-0.15, -0.1) is 0 Å². The Morgan fingerprint density at radius 1 is 1.14 bits per heavy atom. The summed E-state index contributed by atoms with van der Waals surface area (Å²) in [6, 6.07) is 16.2. The van der Waals surface area contributed by atoms with Crippen molar-refractivity contribution >= 4 is 40.7 Å². The van der Waals surface area contributed by atoms with E-state index < -0.39 is 11.7 Å². The van der Waals surface area contributed by atoms with Crippen LogP contribution in [0.4, 0.5) is 4.39 Å². The van der Waals surface area contributed by atoms with Gasteiger partial charge in [-0.25, -0.2) is 4.39 Å². The fourth-order valence-corrected chi connectivity index (χ4v) is 3.92. The summed E-state index contributed by atoms with van der Waals surface area (Å²) in [5.41, 5.74) is 2.56. The standard InChI is InChI=1S/C22H17FN4OS/c1-24-22(28)21-17(23)6-4-7-20(21)29-15-9-10-16-18(26-27-19(16)13-15)11-8-14-5-2-3-12-25-14/h2-13H,1H3,(H,24,28)(H,26,27). The van der Waals surface area contributed by atoms with Crippen molar-refractivity contribution in [1.82, 2.24) is 20.5 Å². The Morgan fingerprint density at radius 2 is 2.03 bits per heavy atom. The Kier molecular flexibility index (Phi) is 5.39. The van der Waals surface area contributed by atoms with Crippen LogP contribution in [0.1, 0.15) is 21.7 Å². The van der Waals surface area contributed by atoms with Gasteiger partial charge in [-0.1, -0.05) is 23.9 Å². The van der Waals surface area contributed by atoms with Gasteiger partial charge < -0.3 is 5.32 Å². The third kappa shape index (κ3) is 4.05. The average molecular weight is 404 g/mol. The zero-order valence-corrected chi connectivity index (χ0v) is 16.3. The highest BCUT2D eigenvalue weighted by Gasteiger charge is 2.16. The Labute approximate surface area is 171 Å². The lowest BCUT2D eigenvalue weighted by Crippen LogP contribution is -2.20. The smallest absolute Gasteiger partial charge is 0.255 e. The van der Waals surface area contributed by atoms with Crippen molar-refractivity contribution in [2.24, 2.45) is 0 Å². The van der Waals surface area contributed by atoms with Crippen molar-refractivity contribution in [3.63, 3.8) is 0 Å². The van der Waals surface area contributed by atoms with Crippen LogP contribution in [0.2, 0.25) is 0 Å². The van der Waals surface area contributed by atoms with E-state index in [1.807, 2.05) is 48.6 Å². The summed E-state index contributed by atoms with van der Waals surface area (Å²) < 4.78 is 14.2. The third-order valence-electron chi connectivity index (χ3n) is 4.32. The van der Waals surface area contributed by atoms with Crippen LogP contribution in [0, 0.1) is 5.82 Å². The molecule has 0 saturated heterocycles. The summed E-state index contributed by atoms with van der Waals surface area (Å²) in [6.07, 6.45) is 5.55. The van der Waals surface area contributed by atoms with Gasteiger partial charge in [0.25, 0.3) is 5.91 Å². The SMILES string of the molecule is CNC(=O)c1c(F)cccc1Sc1ccc2c(C=Cc3ccccn3)n[nH]c2c1. The predicted octanol–water partition coefficient (Wildman–Crippen LogP) is 4.78. The number of aromatic nitrogens is 3. The van der Waals surface area contributed by atoms with Crippen molar-refractivity contribution in [1.29, 1.82) is 0 Å². The number of hydrogen-bond acceptors (Lipinski definition) is 4. The van der Waals surface area contributed by atoms with Gasteiger partial charge in [0.1, 0.15) is 5.82 Å². The summed E-state index contributed by atoms with van der Waals surface area (Å²) in [7, 11) is 1.49. The number of H-pyrrole nitrogens is 1. The van der Waals surface area contributed by atoms with E-state index in [-0.39, 0.29) is 5.56 Å². The molecule has 2 heterocycles. The molecule has 2 aromatic heterocycles. The fraction of sp³-hybridized carbons (Fsp3) is 0.0455. The van der Waals surface area contributed by atoms with E-state index >= 15 is 0 Å². The summed E-state index contributed by atoms with van der Waals surface area (Å²) in [6.45, 7) is 0. The molecule has 4 aromatic rings. The van der Waals surface area contributed by atoms with Crippen LogP contribution in [-0.2, 0) is 0 Å². The van der Waals surface area contributed by atoms with Crippen LogP contribution >= 0.6 is 11.8 Å². The minimum Gasteiger partial charge on any atom is -0.355 e. The van der Waals surface area contributed by atoms with Gasteiger partial charge in [-0.3, -0.25) is 14.9 Å². The van der Waals surface area contributed by atoms with E-state index in [9.17, 15) is 9.18 Å². The monoisotopic (exact) mass is 404 g/mol. The fourth-order valence-electron chi connectivity index (χ4n) is 2.91. The summed E-state index contributed by atoms with van der Waals surface area (Å²) in [5.74, 6) is -0.992. The predicted molar refractivity (Wildman–Crippen MR) is 113 cm³/mol. The van der Waals surface area contributed by atoms with Crippen LogP contribution < -0.4 is 5.32 Å². The number of nitrogens with one attached hydrogen (secondary N) is 2. The number of benzene rings is 2. The molecule has 7 heteroatoms. The maximum Gasteiger partial charge on any atom is 0.255 e. The van der Waals surface area contributed by atoms with E-state index in [2.05, 4.69) is 20.5 Å². The number of hydrogen-bond donors (Lipinski definition) is 2. The van der Waals surface area contributed by atoms with Crippen LogP contribution in [0.5, 0.6) is 0 Å². The molecule has 0 bridgehead atoms. The molecule has 1 amide bonds. The van der Waals surface area contributed by atoms with E-state index in [0.29, 0.717) is 4.90 Å². The molecule has 0 atom stereocenters. The highest BCUT2D eigenvalue weighted by atomic mass is 32.2. The highest BCUT2D eigenvalue weighted by molar-refractivity contribution is 7.99. The number of carbonyl (C=O) groups is 1. The summed E-state index contributed by atoms with van der Waals surface area (Å²) in [5, 5.41) is 10.8. The molecule has 2 N–H and O–H groups in total. The number of fused-ring (bicyclic) bond motifs is 1. The first-order valence-corrected chi connectivity index (χ1v) is 9.73. The molecule has 0 aliphatic rings. The molecule has 0 aliphatic heterocycles. The molecule has 0 radical (unpaired) electrons. The van der Waals surface area contributed by atoms with Crippen molar-refractivity contribution < 1.29 is 9.18 Å². The van der Waals surface area contributed by atoms with Gasteiger partial charge in [0.15, 0.2) is 0 Å². The van der Waals surface area contributed by atoms with Gasteiger partial charge >= 0.3 is 0 Å². The molecule has 2 aromatic carbocycles. The minimum atomic E-state index is -0.543. The number of amides is 1. The molecular weight excluding hydrogens is 387 g/mol. The van der Waals surface area contributed by atoms with Crippen LogP contribution in [-0.4, -0.2) is 28.1 Å². The lowest BCUT2D eigenvalue weighted by molar-refractivity contribution is 0.0956. The first kappa shape index (κ1) is 18.9. The molecule has 4 rings (SSSR count). The topological polar surface area (TPSA) is 70.7 Å². The Balaban J connectivity index is 1.62. The van der Waals surface area contributed by atoms with E-state index in [1.165, 1.54) is 24.9 Å². The van der Waals surface area contributed by atoms with Gasteiger partial charge in [0, 0.05) is 28.4 Å². The summed E-state index contributed by atoms with van der Waals surface area (Å²) >= 11 is 1.33. The molecule has 0 saturated carbocycles. The number of rotatable bonds is 5. The van der Waals surface area contributed by atoms with Crippen molar-refractivity contribution in [2.75, 3.05) is 7.05 Å². The molecule has 0 fully saturated rings. The molecule has 0 spiro atoms. The second-order valence-corrected chi connectivity index (χ2v) is 7.31. The van der Waals surface area contributed by atoms with E-state index in [0.717, 1.165) is 27.2 Å². The third-order valence-corrected chi connectivity index (χ3v) is 5.37. The van der Waals surface area contributed by atoms with Crippen molar-refractivity contribution in [2.45, 2.75) is 9.79 Å². The first-order valence-electron chi connectivity index (χ1n) is 8.91. The molecule has 29 heavy (non-hydrogen) atoms. The average Bonchev–Trinajstić information content (AvgIpc) is 3.15. The van der Waals surface area contributed by atoms with Crippen molar-refractivity contribution in [3.8, 4) is 0 Å².